The number of nitrogens with zero attached hydrogens (tertiary/aromatic N) is 1. The average Bonchev–Trinajstić information content (AvgIpc) is 2.48. The number of rotatable bonds is 2. The van der Waals surface area contributed by atoms with Crippen LogP contribution in [0.2, 0.25) is 0 Å². The fraction of sp³-hybridized carbons (Fsp3) is 0.714. The molecular formula is C7H13N3O2. The highest BCUT2D eigenvalue weighted by molar-refractivity contribution is 5.87. The topological polar surface area (TPSA) is 75.4 Å². The van der Waals surface area contributed by atoms with Gasteiger partial charge in [-0.25, -0.2) is 5.84 Å². The predicted molar refractivity (Wildman–Crippen MR) is 42.7 cm³/mol. The highest BCUT2D eigenvalue weighted by Gasteiger charge is 2.28. The number of hydrazine groups is 1. The minimum Gasteiger partial charge on any atom is -0.331 e. The molecule has 1 aliphatic heterocycles. The van der Waals surface area contributed by atoms with Gasteiger partial charge >= 0.3 is 0 Å². The molecule has 1 saturated heterocycles. The summed E-state index contributed by atoms with van der Waals surface area (Å²) < 4.78 is 0. The molecule has 5 heteroatoms. The van der Waals surface area contributed by atoms with Crippen molar-refractivity contribution in [2.24, 2.45) is 5.84 Å². The standard InChI is InChI=1S/C7H13N3O2/c1-5(7(12)9-8)10-4-2-3-6(10)11/h5H,2-4,8H2,1H3,(H,9,12). The van der Waals surface area contributed by atoms with E-state index in [1.165, 1.54) is 0 Å². The molecule has 1 atom stereocenters. The van der Waals surface area contributed by atoms with Gasteiger partial charge in [0.25, 0.3) is 5.91 Å². The Bertz CT molecular complexity index is 205. The summed E-state index contributed by atoms with van der Waals surface area (Å²) in [5, 5.41) is 0. The van der Waals surface area contributed by atoms with Gasteiger partial charge in [0.2, 0.25) is 5.91 Å². The van der Waals surface area contributed by atoms with Crippen LogP contribution in [-0.4, -0.2) is 29.3 Å². The van der Waals surface area contributed by atoms with Crippen molar-refractivity contribution >= 4 is 11.8 Å². The molecule has 12 heavy (non-hydrogen) atoms. The van der Waals surface area contributed by atoms with Crippen molar-refractivity contribution in [1.82, 2.24) is 10.3 Å². The molecule has 0 aromatic carbocycles. The van der Waals surface area contributed by atoms with Gasteiger partial charge in [-0.15, -0.1) is 0 Å². The van der Waals surface area contributed by atoms with Crippen LogP contribution < -0.4 is 11.3 Å². The smallest absolute Gasteiger partial charge is 0.256 e. The van der Waals surface area contributed by atoms with Gasteiger partial charge < -0.3 is 4.90 Å². The summed E-state index contributed by atoms with van der Waals surface area (Å²) in [6.45, 7) is 2.33. The number of nitrogens with one attached hydrogen (secondary N) is 1. The molecule has 0 radical (unpaired) electrons. The Hall–Kier alpha value is -1.10. The summed E-state index contributed by atoms with van der Waals surface area (Å²) >= 11 is 0. The largest absolute Gasteiger partial charge is 0.331 e. The van der Waals surface area contributed by atoms with E-state index in [-0.39, 0.29) is 11.8 Å². The second kappa shape index (κ2) is 3.53. The average molecular weight is 171 g/mol. The van der Waals surface area contributed by atoms with E-state index in [2.05, 4.69) is 0 Å². The Balaban J connectivity index is 2.57. The molecule has 0 bridgehead atoms. The van der Waals surface area contributed by atoms with E-state index in [0.717, 1.165) is 6.42 Å². The summed E-state index contributed by atoms with van der Waals surface area (Å²) in [6.07, 6.45) is 1.38. The molecule has 1 unspecified atom stereocenters. The van der Waals surface area contributed by atoms with E-state index < -0.39 is 6.04 Å². The number of likely N-dealkylation sites (tertiary alicyclic amines) is 1. The first-order chi connectivity index (χ1) is 5.66. The van der Waals surface area contributed by atoms with Gasteiger partial charge in [0.1, 0.15) is 6.04 Å². The van der Waals surface area contributed by atoms with Crippen LogP contribution in [0.25, 0.3) is 0 Å². The molecule has 1 aliphatic rings. The fourth-order valence-electron chi connectivity index (χ4n) is 1.34. The van der Waals surface area contributed by atoms with Crippen LogP contribution in [0.1, 0.15) is 19.8 Å². The van der Waals surface area contributed by atoms with Crippen molar-refractivity contribution in [2.45, 2.75) is 25.8 Å². The number of nitrogens with two attached hydrogens (primary N) is 1. The number of amides is 2. The molecule has 0 aromatic heterocycles. The molecule has 1 heterocycles. The van der Waals surface area contributed by atoms with Crippen LogP contribution in [-0.2, 0) is 9.59 Å². The zero-order valence-corrected chi connectivity index (χ0v) is 7.04. The number of carbonyl (C=O) groups is 2. The van der Waals surface area contributed by atoms with Crippen LogP contribution in [0.3, 0.4) is 0 Å². The summed E-state index contributed by atoms with van der Waals surface area (Å²) in [7, 11) is 0. The normalized spacial score (nSPS) is 19.5. The number of hydrogen-bond acceptors (Lipinski definition) is 3. The molecule has 0 saturated carbocycles. The molecule has 5 nitrogen and oxygen atoms in total. The third kappa shape index (κ3) is 1.55. The first-order valence-electron chi connectivity index (χ1n) is 3.96. The molecule has 0 aromatic rings. The highest BCUT2D eigenvalue weighted by atomic mass is 16.2. The monoisotopic (exact) mass is 171 g/mol. The van der Waals surface area contributed by atoms with Crippen molar-refractivity contribution in [3.8, 4) is 0 Å². The molecule has 68 valence electrons. The predicted octanol–water partition coefficient (Wildman–Crippen LogP) is -1.01. The molecule has 3 N–H and O–H groups in total. The zero-order chi connectivity index (χ0) is 9.14. The molecule has 1 fully saturated rings. The summed E-state index contributed by atoms with van der Waals surface area (Å²) in [5.74, 6) is 4.67. The second-order valence-corrected chi connectivity index (χ2v) is 2.88. The first-order valence-corrected chi connectivity index (χ1v) is 3.96. The highest BCUT2D eigenvalue weighted by Crippen LogP contribution is 2.12. The summed E-state index contributed by atoms with van der Waals surface area (Å²) in [6, 6.07) is -0.440. The fourth-order valence-corrected chi connectivity index (χ4v) is 1.34. The SMILES string of the molecule is CC(C(=O)NN)N1CCCC1=O. The lowest BCUT2D eigenvalue weighted by molar-refractivity contribution is -0.136. The number of hydrogen-bond donors (Lipinski definition) is 2. The molecule has 0 aliphatic carbocycles. The minimum absolute atomic E-state index is 0.0334. The Morgan fingerprint density at radius 2 is 2.42 bits per heavy atom. The first kappa shape index (κ1) is 8.99. The van der Waals surface area contributed by atoms with E-state index in [4.69, 9.17) is 5.84 Å². The van der Waals surface area contributed by atoms with Gasteiger partial charge in [-0.1, -0.05) is 0 Å². The minimum atomic E-state index is -0.440. The van der Waals surface area contributed by atoms with Crippen molar-refractivity contribution in [3.05, 3.63) is 0 Å². The summed E-state index contributed by atoms with van der Waals surface area (Å²) in [4.78, 5) is 23.7. The van der Waals surface area contributed by atoms with E-state index in [1.54, 1.807) is 11.8 Å². The Labute approximate surface area is 70.9 Å². The van der Waals surface area contributed by atoms with Crippen LogP contribution in [0.5, 0.6) is 0 Å². The lowest BCUT2D eigenvalue weighted by Gasteiger charge is -2.21. The summed E-state index contributed by atoms with van der Waals surface area (Å²) in [5.41, 5.74) is 2.03. The van der Waals surface area contributed by atoms with Crippen molar-refractivity contribution in [2.75, 3.05) is 6.54 Å². The number of carbonyl (C=O) groups excluding carboxylic acids is 2. The van der Waals surface area contributed by atoms with Gasteiger partial charge in [0.15, 0.2) is 0 Å². The Morgan fingerprint density at radius 1 is 1.75 bits per heavy atom. The van der Waals surface area contributed by atoms with Gasteiger partial charge in [0.05, 0.1) is 0 Å². The maximum absolute atomic E-state index is 11.1. The van der Waals surface area contributed by atoms with Gasteiger partial charge in [-0.2, -0.15) is 0 Å². The van der Waals surface area contributed by atoms with Crippen LogP contribution in [0.15, 0.2) is 0 Å². The molecule has 0 spiro atoms. The third-order valence-corrected chi connectivity index (χ3v) is 2.10. The zero-order valence-electron chi connectivity index (χ0n) is 7.04. The Kier molecular flexibility index (Phi) is 2.65. The van der Waals surface area contributed by atoms with E-state index in [1.807, 2.05) is 5.43 Å². The maximum atomic E-state index is 11.1. The van der Waals surface area contributed by atoms with E-state index in [9.17, 15) is 9.59 Å². The molecular weight excluding hydrogens is 158 g/mol. The maximum Gasteiger partial charge on any atom is 0.256 e. The Morgan fingerprint density at radius 3 is 2.83 bits per heavy atom. The van der Waals surface area contributed by atoms with Crippen LogP contribution >= 0.6 is 0 Å². The van der Waals surface area contributed by atoms with Crippen LogP contribution in [0.4, 0.5) is 0 Å². The molecule has 1 rings (SSSR count). The lowest BCUT2D eigenvalue weighted by Crippen LogP contribution is -2.47. The van der Waals surface area contributed by atoms with Gasteiger partial charge in [-0.05, 0) is 13.3 Å². The van der Waals surface area contributed by atoms with E-state index in [0.29, 0.717) is 13.0 Å². The quantitative estimate of drug-likeness (QED) is 0.317. The van der Waals surface area contributed by atoms with Crippen molar-refractivity contribution in [1.29, 1.82) is 0 Å². The second-order valence-electron chi connectivity index (χ2n) is 2.88. The van der Waals surface area contributed by atoms with E-state index >= 15 is 0 Å². The van der Waals surface area contributed by atoms with Gasteiger partial charge in [0, 0.05) is 13.0 Å². The molecule has 2 amide bonds. The van der Waals surface area contributed by atoms with Crippen molar-refractivity contribution in [3.63, 3.8) is 0 Å². The van der Waals surface area contributed by atoms with Gasteiger partial charge in [-0.3, -0.25) is 15.0 Å². The van der Waals surface area contributed by atoms with Crippen LogP contribution in [0, 0.1) is 0 Å². The lowest BCUT2D eigenvalue weighted by atomic mass is 10.3. The third-order valence-electron chi connectivity index (χ3n) is 2.10. The van der Waals surface area contributed by atoms with Crippen molar-refractivity contribution < 1.29 is 9.59 Å².